The van der Waals surface area contributed by atoms with Crippen molar-refractivity contribution in [3.05, 3.63) is 36.2 Å². The molecule has 3 aromatic rings. The first-order valence-corrected chi connectivity index (χ1v) is 14.0. The van der Waals surface area contributed by atoms with Gasteiger partial charge in [0.2, 0.25) is 23.6 Å². The van der Waals surface area contributed by atoms with E-state index in [-0.39, 0.29) is 35.3 Å². The maximum Gasteiger partial charge on any atom is 0.296 e. The average molecular weight is 570 g/mol. The molecule has 0 unspecified atom stereocenters. The molecule has 0 saturated carbocycles. The van der Waals surface area contributed by atoms with E-state index in [9.17, 15) is 18.4 Å². The van der Waals surface area contributed by atoms with Crippen LogP contribution >= 0.6 is 0 Å². The third-order valence-corrected chi connectivity index (χ3v) is 8.01. The van der Waals surface area contributed by atoms with Gasteiger partial charge in [0.15, 0.2) is 5.82 Å². The molecule has 218 valence electrons. The second-order valence-electron chi connectivity index (χ2n) is 10.8. The molecular weight excluding hydrogens is 536 g/mol. The lowest BCUT2D eigenvalue weighted by Gasteiger charge is -2.42. The third kappa shape index (κ3) is 5.67. The molecule has 3 aliphatic rings. The first-order chi connectivity index (χ1) is 19.9. The minimum atomic E-state index is -2.80. The molecule has 3 aliphatic heterocycles. The molecule has 0 radical (unpaired) electrons. The SMILES string of the molecule is CC(=O)N1CCC(C(=O)N2CC(COc3cc(-n4c(C(F)F)nc5ccccc54)nc(N4CCOCC4)n3)C2)CC1. The average Bonchev–Trinajstić information content (AvgIpc) is 3.37. The molecular formula is C28H33F2N7O4. The number of aromatic nitrogens is 4. The van der Waals surface area contributed by atoms with Crippen molar-refractivity contribution in [3.8, 4) is 11.7 Å². The number of morpholine rings is 1. The zero-order valence-corrected chi connectivity index (χ0v) is 22.9. The zero-order valence-electron chi connectivity index (χ0n) is 22.9. The lowest BCUT2D eigenvalue weighted by atomic mass is 9.92. The van der Waals surface area contributed by atoms with Crippen LogP contribution < -0.4 is 9.64 Å². The summed E-state index contributed by atoms with van der Waals surface area (Å²) < 4.78 is 41.1. The van der Waals surface area contributed by atoms with E-state index >= 15 is 0 Å². The van der Waals surface area contributed by atoms with E-state index < -0.39 is 12.2 Å². The van der Waals surface area contributed by atoms with Crippen LogP contribution in [0.3, 0.4) is 0 Å². The van der Waals surface area contributed by atoms with Gasteiger partial charge < -0.3 is 24.2 Å². The van der Waals surface area contributed by atoms with Crippen LogP contribution in [-0.4, -0.2) is 100 Å². The van der Waals surface area contributed by atoms with Gasteiger partial charge in [-0.2, -0.15) is 9.97 Å². The van der Waals surface area contributed by atoms with E-state index in [1.165, 1.54) is 4.57 Å². The number of alkyl halides is 2. The largest absolute Gasteiger partial charge is 0.477 e. The number of rotatable bonds is 7. The predicted octanol–water partition coefficient (Wildman–Crippen LogP) is 2.69. The fourth-order valence-corrected chi connectivity index (χ4v) is 5.68. The molecule has 0 atom stereocenters. The van der Waals surface area contributed by atoms with Crippen LogP contribution in [0.2, 0.25) is 0 Å². The summed E-state index contributed by atoms with van der Waals surface area (Å²) in [7, 11) is 0. The Morgan fingerprint density at radius 2 is 1.76 bits per heavy atom. The second-order valence-corrected chi connectivity index (χ2v) is 10.8. The number of piperidine rings is 1. The standard InChI is InChI=1S/C28H33F2N7O4/c1-18(38)34-8-6-20(7-9-34)27(39)36-15-19(16-36)17-41-24-14-23(32-28(33-24)35-10-12-40-13-11-35)37-22-5-3-2-4-21(22)31-26(37)25(29)30/h2-5,14,19-20,25H,6-13,15-17H2,1H3. The van der Waals surface area contributed by atoms with Crippen molar-refractivity contribution in [2.75, 3.05) is 64.0 Å². The number of carbonyl (C=O) groups excluding carboxylic acids is 2. The Labute approximate surface area is 236 Å². The van der Waals surface area contributed by atoms with E-state index in [0.717, 1.165) is 0 Å². The van der Waals surface area contributed by atoms with Crippen molar-refractivity contribution < 1.29 is 27.8 Å². The second kappa shape index (κ2) is 11.6. The number of amides is 2. The number of likely N-dealkylation sites (tertiary alicyclic amines) is 2. The highest BCUT2D eigenvalue weighted by molar-refractivity contribution is 5.80. The van der Waals surface area contributed by atoms with E-state index in [2.05, 4.69) is 15.0 Å². The van der Waals surface area contributed by atoms with Crippen molar-refractivity contribution in [3.63, 3.8) is 0 Å². The number of hydrogen-bond acceptors (Lipinski definition) is 8. The minimum Gasteiger partial charge on any atom is -0.477 e. The normalized spacial score (nSPS) is 18.7. The number of hydrogen-bond donors (Lipinski definition) is 0. The number of imidazole rings is 1. The maximum atomic E-state index is 14.1. The lowest BCUT2D eigenvalue weighted by molar-refractivity contribution is -0.146. The highest BCUT2D eigenvalue weighted by Crippen LogP contribution is 2.30. The molecule has 0 spiro atoms. The van der Waals surface area contributed by atoms with Crippen molar-refractivity contribution in [2.45, 2.75) is 26.2 Å². The molecule has 13 heteroatoms. The van der Waals surface area contributed by atoms with E-state index in [1.807, 2.05) is 9.80 Å². The molecule has 0 bridgehead atoms. The van der Waals surface area contributed by atoms with Crippen molar-refractivity contribution in [1.82, 2.24) is 29.3 Å². The van der Waals surface area contributed by atoms with Crippen LogP contribution in [0, 0.1) is 11.8 Å². The third-order valence-electron chi connectivity index (χ3n) is 8.01. The quantitative estimate of drug-likeness (QED) is 0.428. The van der Waals surface area contributed by atoms with Crippen molar-refractivity contribution in [2.24, 2.45) is 11.8 Å². The Hall–Kier alpha value is -3.87. The van der Waals surface area contributed by atoms with Crippen LogP contribution in [-0.2, 0) is 14.3 Å². The van der Waals surface area contributed by atoms with Crippen LogP contribution in [0.15, 0.2) is 30.3 Å². The fourth-order valence-electron chi connectivity index (χ4n) is 5.68. The summed E-state index contributed by atoms with van der Waals surface area (Å²) in [6, 6.07) is 8.51. The van der Waals surface area contributed by atoms with E-state index in [1.54, 1.807) is 42.2 Å². The summed E-state index contributed by atoms with van der Waals surface area (Å²) in [5.41, 5.74) is 0.964. The monoisotopic (exact) mass is 569 g/mol. The molecule has 41 heavy (non-hydrogen) atoms. The number of carbonyl (C=O) groups is 2. The number of halogens is 2. The summed E-state index contributed by atoms with van der Waals surface area (Å²) in [4.78, 5) is 43.5. The number of benzene rings is 1. The summed E-state index contributed by atoms with van der Waals surface area (Å²) in [5.74, 6) is 0.767. The van der Waals surface area contributed by atoms with Crippen LogP contribution in [0.5, 0.6) is 5.88 Å². The Kier molecular flexibility index (Phi) is 7.69. The topological polar surface area (TPSA) is 106 Å². The molecule has 2 aromatic heterocycles. The first-order valence-electron chi connectivity index (χ1n) is 14.0. The van der Waals surface area contributed by atoms with Crippen molar-refractivity contribution in [1.29, 1.82) is 0 Å². The molecule has 0 N–H and O–H groups in total. The highest BCUT2D eigenvalue weighted by Gasteiger charge is 2.36. The molecule has 5 heterocycles. The maximum absolute atomic E-state index is 14.1. The van der Waals surface area contributed by atoms with Crippen molar-refractivity contribution >= 4 is 28.8 Å². The number of anilines is 1. The van der Waals surface area contributed by atoms with Gasteiger partial charge in [0.25, 0.3) is 6.43 Å². The Morgan fingerprint density at radius 3 is 2.46 bits per heavy atom. The molecule has 3 saturated heterocycles. The van der Waals surface area contributed by atoms with E-state index in [4.69, 9.17) is 9.47 Å². The first kappa shape index (κ1) is 27.3. The van der Waals surface area contributed by atoms with E-state index in [0.29, 0.717) is 88.9 Å². The number of fused-ring (bicyclic) bond motifs is 1. The Bertz CT molecular complexity index is 1410. The van der Waals surface area contributed by atoms with Gasteiger partial charge in [0.05, 0.1) is 30.9 Å². The zero-order chi connectivity index (χ0) is 28.5. The van der Waals surface area contributed by atoms with Gasteiger partial charge >= 0.3 is 0 Å². The van der Waals surface area contributed by atoms with Gasteiger partial charge in [-0.05, 0) is 25.0 Å². The van der Waals surface area contributed by atoms with Crippen LogP contribution in [0.4, 0.5) is 14.7 Å². The molecule has 1 aromatic carbocycles. The molecule has 3 fully saturated rings. The van der Waals surface area contributed by atoms with Gasteiger partial charge in [-0.1, -0.05) is 12.1 Å². The molecule has 0 aliphatic carbocycles. The number of nitrogens with zero attached hydrogens (tertiary/aromatic N) is 7. The summed E-state index contributed by atoms with van der Waals surface area (Å²) in [6.45, 7) is 6.46. The number of ether oxygens (including phenoxy) is 2. The smallest absolute Gasteiger partial charge is 0.296 e. The summed E-state index contributed by atoms with van der Waals surface area (Å²) in [5, 5.41) is 0. The van der Waals surface area contributed by atoms with Gasteiger partial charge in [-0.3, -0.25) is 14.2 Å². The van der Waals surface area contributed by atoms with Gasteiger partial charge in [0.1, 0.15) is 5.82 Å². The molecule has 6 rings (SSSR count). The number of para-hydroxylation sites is 2. The van der Waals surface area contributed by atoms with Gasteiger partial charge in [0, 0.05) is 64.1 Å². The molecule has 11 nitrogen and oxygen atoms in total. The molecule has 2 amide bonds. The Morgan fingerprint density at radius 1 is 1.02 bits per heavy atom. The lowest BCUT2D eigenvalue weighted by Crippen LogP contribution is -2.55. The van der Waals surface area contributed by atoms with Gasteiger partial charge in [-0.25, -0.2) is 13.8 Å². The Balaban J connectivity index is 1.17. The summed E-state index contributed by atoms with van der Waals surface area (Å²) >= 11 is 0. The highest BCUT2D eigenvalue weighted by atomic mass is 19.3. The van der Waals surface area contributed by atoms with Gasteiger partial charge in [-0.15, -0.1) is 0 Å². The minimum absolute atomic E-state index is 0.0494. The van der Waals surface area contributed by atoms with Crippen LogP contribution in [0.1, 0.15) is 32.0 Å². The predicted molar refractivity (Wildman–Crippen MR) is 145 cm³/mol. The summed E-state index contributed by atoms with van der Waals surface area (Å²) in [6.07, 6.45) is -1.43. The fraction of sp³-hybridized carbons (Fsp3) is 0.536. The van der Waals surface area contributed by atoms with Crippen LogP contribution in [0.25, 0.3) is 16.9 Å².